The third kappa shape index (κ3) is 3.12. The summed E-state index contributed by atoms with van der Waals surface area (Å²) in [5.41, 5.74) is 1.07. The molecule has 3 nitrogen and oxygen atoms in total. The van der Waals surface area contributed by atoms with Gasteiger partial charge in [-0.15, -0.1) is 22.7 Å². The largest absolute Gasteiger partial charge is 0.309 e. The SMILES string of the molecule is CCCNC(C)c1cnc(-c2nc(C)cs2)s1. The van der Waals surface area contributed by atoms with Crippen molar-refractivity contribution >= 4 is 22.7 Å². The predicted octanol–water partition coefficient (Wildman–Crippen LogP) is 3.64. The summed E-state index contributed by atoms with van der Waals surface area (Å²) in [5.74, 6) is 0. The molecule has 2 rings (SSSR count). The topological polar surface area (TPSA) is 37.8 Å². The molecule has 0 amide bonds. The molecular formula is C12H17N3S2. The molecule has 0 saturated carbocycles. The van der Waals surface area contributed by atoms with Crippen LogP contribution in [-0.2, 0) is 0 Å². The molecule has 1 atom stereocenters. The van der Waals surface area contributed by atoms with Crippen LogP contribution in [0.4, 0.5) is 0 Å². The van der Waals surface area contributed by atoms with Gasteiger partial charge < -0.3 is 5.32 Å². The van der Waals surface area contributed by atoms with Gasteiger partial charge in [-0.05, 0) is 26.8 Å². The lowest BCUT2D eigenvalue weighted by atomic mass is 10.3. The molecule has 0 saturated heterocycles. The van der Waals surface area contributed by atoms with Crippen molar-refractivity contribution < 1.29 is 0 Å². The van der Waals surface area contributed by atoms with Gasteiger partial charge in [-0.3, -0.25) is 0 Å². The van der Waals surface area contributed by atoms with Crippen LogP contribution >= 0.6 is 22.7 Å². The zero-order chi connectivity index (χ0) is 12.3. The molecule has 1 N–H and O–H groups in total. The van der Waals surface area contributed by atoms with E-state index in [0.717, 1.165) is 28.7 Å². The number of nitrogens with one attached hydrogen (secondary N) is 1. The molecule has 2 aromatic rings. The minimum absolute atomic E-state index is 0.377. The Kier molecular flexibility index (Phi) is 4.25. The van der Waals surface area contributed by atoms with Gasteiger partial charge >= 0.3 is 0 Å². The molecule has 0 radical (unpaired) electrons. The summed E-state index contributed by atoms with van der Waals surface area (Å²) in [4.78, 5) is 10.2. The summed E-state index contributed by atoms with van der Waals surface area (Å²) in [5, 5.41) is 7.60. The third-order valence-corrected chi connectivity index (χ3v) is 4.74. The Balaban J connectivity index is 2.10. The molecule has 0 aliphatic rings. The van der Waals surface area contributed by atoms with Gasteiger partial charge in [-0.1, -0.05) is 6.92 Å². The van der Waals surface area contributed by atoms with Crippen LogP contribution in [0, 0.1) is 6.92 Å². The second-order valence-electron chi connectivity index (χ2n) is 4.04. The summed E-state index contributed by atoms with van der Waals surface area (Å²) in [6, 6.07) is 0.377. The Morgan fingerprint density at radius 1 is 1.41 bits per heavy atom. The molecule has 2 heterocycles. The number of aromatic nitrogens is 2. The molecule has 2 aromatic heterocycles. The van der Waals surface area contributed by atoms with Crippen LogP contribution in [0.25, 0.3) is 10.0 Å². The normalized spacial score (nSPS) is 12.9. The van der Waals surface area contributed by atoms with Crippen LogP contribution in [0.5, 0.6) is 0 Å². The Morgan fingerprint density at radius 2 is 2.24 bits per heavy atom. The minimum atomic E-state index is 0.377. The van der Waals surface area contributed by atoms with E-state index >= 15 is 0 Å². The second-order valence-corrected chi connectivity index (χ2v) is 5.96. The number of thiazole rings is 2. The minimum Gasteiger partial charge on any atom is -0.309 e. The van der Waals surface area contributed by atoms with Crippen molar-refractivity contribution in [3.8, 4) is 10.0 Å². The van der Waals surface area contributed by atoms with Crippen molar-refractivity contribution in [3.05, 3.63) is 22.1 Å². The first-order valence-electron chi connectivity index (χ1n) is 5.82. The highest BCUT2D eigenvalue weighted by Gasteiger charge is 2.12. The quantitative estimate of drug-likeness (QED) is 0.899. The standard InChI is InChI=1S/C12H17N3S2/c1-4-5-13-9(3)10-6-14-11(17-10)12-15-8(2)7-16-12/h6-7,9,13H,4-5H2,1-3H3. The molecule has 0 aliphatic heterocycles. The zero-order valence-corrected chi connectivity index (χ0v) is 12.0. The molecular weight excluding hydrogens is 250 g/mol. The number of rotatable bonds is 5. The van der Waals surface area contributed by atoms with Crippen LogP contribution in [0.1, 0.15) is 36.9 Å². The maximum Gasteiger partial charge on any atom is 0.152 e. The molecule has 1 unspecified atom stereocenters. The molecule has 5 heteroatoms. The van der Waals surface area contributed by atoms with Crippen LogP contribution < -0.4 is 5.32 Å². The van der Waals surface area contributed by atoms with Gasteiger partial charge in [0.2, 0.25) is 0 Å². The van der Waals surface area contributed by atoms with Crippen LogP contribution in [-0.4, -0.2) is 16.5 Å². The van der Waals surface area contributed by atoms with Crippen molar-refractivity contribution in [1.29, 1.82) is 0 Å². The molecule has 17 heavy (non-hydrogen) atoms. The van der Waals surface area contributed by atoms with E-state index in [-0.39, 0.29) is 0 Å². The first-order chi connectivity index (χ1) is 8.20. The van der Waals surface area contributed by atoms with Gasteiger partial charge in [0.25, 0.3) is 0 Å². The lowest BCUT2D eigenvalue weighted by molar-refractivity contribution is 0.577. The van der Waals surface area contributed by atoms with Crippen molar-refractivity contribution in [2.75, 3.05) is 6.54 Å². The highest BCUT2D eigenvalue weighted by Crippen LogP contribution is 2.30. The Bertz CT molecular complexity index is 476. The Hall–Kier alpha value is -0.780. The average molecular weight is 267 g/mol. The van der Waals surface area contributed by atoms with Gasteiger partial charge in [0.1, 0.15) is 0 Å². The van der Waals surface area contributed by atoms with E-state index in [0.29, 0.717) is 6.04 Å². The van der Waals surface area contributed by atoms with Crippen LogP contribution in [0.2, 0.25) is 0 Å². The summed E-state index contributed by atoms with van der Waals surface area (Å²) >= 11 is 3.39. The molecule has 0 spiro atoms. The molecule has 0 fully saturated rings. The average Bonchev–Trinajstić information content (AvgIpc) is 2.93. The zero-order valence-electron chi connectivity index (χ0n) is 10.4. The smallest absolute Gasteiger partial charge is 0.152 e. The lowest BCUT2D eigenvalue weighted by Gasteiger charge is -2.09. The monoisotopic (exact) mass is 267 g/mol. The van der Waals surface area contributed by atoms with E-state index in [2.05, 4.69) is 34.5 Å². The number of hydrogen-bond acceptors (Lipinski definition) is 5. The molecule has 0 aromatic carbocycles. The summed E-state index contributed by atoms with van der Waals surface area (Å²) < 4.78 is 0. The fourth-order valence-electron chi connectivity index (χ4n) is 1.50. The highest BCUT2D eigenvalue weighted by atomic mass is 32.1. The van der Waals surface area contributed by atoms with Crippen LogP contribution in [0.3, 0.4) is 0 Å². The maximum atomic E-state index is 4.46. The fraction of sp³-hybridized carbons (Fsp3) is 0.500. The van der Waals surface area contributed by atoms with Gasteiger partial charge in [-0.2, -0.15) is 0 Å². The number of aryl methyl sites for hydroxylation is 1. The third-order valence-electron chi connectivity index (χ3n) is 2.45. The van der Waals surface area contributed by atoms with E-state index in [1.807, 2.05) is 13.1 Å². The van der Waals surface area contributed by atoms with Crippen molar-refractivity contribution in [2.45, 2.75) is 33.2 Å². The fourth-order valence-corrected chi connectivity index (χ4v) is 3.28. The van der Waals surface area contributed by atoms with Gasteiger partial charge in [0.05, 0.1) is 0 Å². The molecule has 0 aliphatic carbocycles. The summed E-state index contributed by atoms with van der Waals surface area (Å²) in [7, 11) is 0. The first kappa shape index (κ1) is 12.7. The summed E-state index contributed by atoms with van der Waals surface area (Å²) in [6.07, 6.45) is 3.12. The van der Waals surface area contributed by atoms with E-state index in [1.165, 1.54) is 4.88 Å². The Morgan fingerprint density at radius 3 is 2.88 bits per heavy atom. The van der Waals surface area contributed by atoms with Crippen LogP contribution in [0.15, 0.2) is 11.6 Å². The maximum absolute atomic E-state index is 4.46. The van der Waals surface area contributed by atoms with Crippen molar-refractivity contribution in [2.24, 2.45) is 0 Å². The second kappa shape index (κ2) is 5.71. The van der Waals surface area contributed by atoms with Gasteiger partial charge in [-0.25, -0.2) is 9.97 Å². The summed E-state index contributed by atoms with van der Waals surface area (Å²) in [6.45, 7) is 7.42. The molecule has 92 valence electrons. The predicted molar refractivity (Wildman–Crippen MR) is 74.7 cm³/mol. The molecule has 0 bridgehead atoms. The van der Waals surface area contributed by atoms with Gasteiger partial charge in [0.15, 0.2) is 10.0 Å². The lowest BCUT2D eigenvalue weighted by Crippen LogP contribution is -2.18. The number of nitrogens with zero attached hydrogens (tertiary/aromatic N) is 2. The number of hydrogen-bond donors (Lipinski definition) is 1. The Labute approximate surface area is 110 Å². The van der Waals surface area contributed by atoms with E-state index < -0.39 is 0 Å². The highest BCUT2D eigenvalue weighted by molar-refractivity contribution is 7.20. The first-order valence-corrected chi connectivity index (χ1v) is 7.52. The van der Waals surface area contributed by atoms with E-state index in [4.69, 9.17) is 0 Å². The van der Waals surface area contributed by atoms with E-state index in [1.54, 1.807) is 22.7 Å². The van der Waals surface area contributed by atoms with Crippen molar-refractivity contribution in [1.82, 2.24) is 15.3 Å². The van der Waals surface area contributed by atoms with Gasteiger partial charge in [0, 0.05) is 28.2 Å². The van der Waals surface area contributed by atoms with Crippen molar-refractivity contribution in [3.63, 3.8) is 0 Å². The van der Waals surface area contributed by atoms with E-state index in [9.17, 15) is 0 Å².